The first kappa shape index (κ1) is 16.7. The third kappa shape index (κ3) is 8.81. The Balaban J connectivity index is 3.97. The molecule has 0 aromatic rings. The van der Waals surface area contributed by atoms with Gasteiger partial charge in [0.25, 0.3) is 0 Å². The topological polar surface area (TPSA) is 50.1 Å². The Labute approximate surface area is 111 Å². The molecule has 0 heterocycles. The van der Waals surface area contributed by atoms with Crippen molar-refractivity contribution >= 4 is 5.97 Å². The monoisotopic (exact) mass is 251 g/mol. The van der Waals surface area contributed by atoms with Gasteiger partial charge in [0, 0.05) is 12.5 Å². The zero-order chi connectivity index (χ0) is 13.8. The van der Waals surface area contributed by atoms with E-state index in [9.17, 15) is 4.79 Å². The van der Waals surface area contributed by atoms with Crippen LogP contribution < -0.4 is 0 Å². The van der Waals surface area contributed by atoms with Crippen molar-refractivity contribution in [2.75, 3.05) is 6.61 Å². The highest BCUT2D eigenvalue weighted by molar-refractivity contribution is 5.66. The van der Waals surface area contributed by atoms with Crippen LogP contribution >= 0.6 is 0 Å². The number of nitrogens with zero attached hydrogens (tertiary/aromatic N) is 1. The average Bonchev–Trinajstić information content (AvgIpc) is 2.35. The van der Waals surface area contributed by atoms with Crippen LogP contribution in [0.3, 0.4) is 0 Å². The number of rotatable bonds is 9. The van der Waals surface area contributed by atoms with E-state index < -0.39 is 0 Å². The Bertz CT molecular complexity index is 313. The second-order valence-corrected chi connectivity index (χ2v) is 4.64. The highest BCUT2D eigenvalue weighted by atomic mass is 16.5. The lowest BCUT2D eigenvalue weighted by Crippen LogP contribution is -2.05. The molecule has 3 nitrogen and oxygen atoms in total. The number of unbranched alkanes of at least 4 members (excludes halogenated alkanes) is 5. The number of allylic oxidation sites excluding steroid dienone is 1. The SMILES string of the molecule is CCCCCCCC/C(COC(C)=O)=C(\C)C#N. The minimum absolute atomic E-state index is 0.268. The summed E-state index contributed by atoms with van der Waals surface area (Å²) < 4.78 is 4.97. The fourth-order valence-corrected chi connectivity index (χ4v) is 1.75. The first-order valence-corrected chi connectivity index (χ1v) is 6.83. The molecule has 102 valence electrons. The van der Waals surface area contributed by atoms with E-state index in [-0.39, 0.29) is 12.6 Å². The summed E-state index contributed by atoms with van der Waals surface area (Å²) in [5, 5.41) is 8.89. The molecule has 0 bridgehead atoms. The van der Waals surface area contributed by atoms with E-state index in [0.717, 1.165) is 18.4 Å². The zero-order valence-corrected chi connectivity index (χ0v) is 11.9. The van der Waals surface area contributed by atoms with E-state index in [1.54, 1.807) is 6.92 Å². The van der Waals surface area contributed by atoms with E-state index in [1.165, 1.54) is 39.0 Å². The van der Waals surface area contributed by atoms with Gasteiger partial charge in [-0.3, -0.25) is 4.79 Å². The summed E-state index contributed by atoms with van der Waals surface area (Å²) >= 11 is 0. The van der Waals surface area contributed by atoms with E-state index in [4.69, 9.17) is 10.00 Å². The minimum Gasteiger partial charge on any atom is -0.461 e. The molecule has 0 rings (SSSR count). The van der Waals surface area contributed by atoms with E-state index in [2.05, 4.69) is 13.0 Å². The third-order valence-corrected chi connectivity index (χ3v) is 2.98. The van der Waals surface area contributed by atoms with Crippen molar-refractivity contribution in [3.8, 4) is 6.07 Å². The molecule has 0 aliphatic rings. The minimum atomic E-state index is -0.291. The van der Waals surface area contributed by atoms with Gasteiger partial charge in [-0.05, 0) is 25.3 Å². The molecule has 0 radical (unpaired) electrons. The second kappa shape index (κ2) is 10.8. The lowest BCUT2D eigenvalue weighted by Gasteiger charge is -2.08. The molecule has 3 heteroatoms. The predicted molar refractivity (Wildman–Crippen MR) is 72.9 cm³/mol. The molecule has 0 unspecified atom stereocenters. The highest BCUT2D eigenvalue weighted by Crippen LogP contribution is 2.15. The van der Waals surface area contributed by atoms with Crippen molar-refractivity contribution in [1.29, 1.82) is 5.26 Å². The molecular weight excluding hydrogens is 226 g/mol. The van der Waals surface area contributed by atoms with Gasteiger partial charge in [-0.15, -0.1) is 0 Å². The van der Waals surface area contributed by atoms with E-state index in [0.29, 0.717) is 5.57 Å². The predicted octanol–water partition coefficient (Wildman–Crippen LogP) is 4.14. The first-order valence-electron chi connectivity index (χ1n) is 6.83. The molecule has 0 aliphatic carbocycles. The van der Waals surface area contributed by atoms with Gasteiger partial charge in [0.2, 0.25) is 0 Å². The van der Waals surface area contributed by atoms with Crippen molar-refractivity contribution in [3.63, 3.8) is 0 Å². The number of hydrogen-bond donors (Lipinski definition) is 0. The van der Waals surface area contributed by atoms with Crippen LogP contribution in [0.1, 0.15) is 65.7 Å². The van der Waals surface area contributed by atoms with Gasteiger partial charge in [-0.25, -0.2) is 0 Å². The molecule has 0 aromatic heterocycles. The quantitative estimate of drug-likeness (QED) is 0.351. The molecule has 0 aromatic carbocycles. The molecule has 0 amide bonds. The molecule has 0 fully saturated rings. The molecule has 0 saturated heterocycles. The Kier molecular flexibility index (Phi) is 10.0. The van der Waals surface area contributed by atoms with Crippen molar-refractivity contribution in [1.82, 2.24) is 0 Å². The highest BCUT2D eigenvalue weighted by Gasteiger charge is 2.05. The summed E-state index contributed by atoms with van der Waals surface area (Å²) in [6.45, 7) is 5.65. The number of carbonyl (C=O) groups excluding carboxylic acids is 1. The second-order valence-electron chi connectivity index (χ2n) is 4.64. The maximum Gasteiger partial charge on any atom is 0.302 e. The van der Waals surface area contributed by atoms with Crippen LogP contribution in [0.2, 0.25) is 0 Å². The molecule has 0 N–H and O–H groups in total. The van der Waals surface area contributed by atoms with Crippen molar-refractivity contribution in [2.24, 2.45) is 0 Å². The fourth-order valence-electron chi connectivity index (χ4n) is 1.75. The zero-order valence-electron chi connectivity index (χ0n) is 11.9. The number of hydrogen-bond acceptors (Lipinski definition) is 3. The van der Waals surface area contributed by atoms with Crippen LogP contribution in [-0.2, 0) is 9.53 Å². The van der Waals surface area contributed by atoms with Gasteiger partial charge in [0.15, 0.2) is 0 Å². The summed E-state index contributed by atoms with van der Waals surface area (Å²) in [5.41, 5.74) is 1.65. The molecule has 18 heavy (non-hydrogen) atoms. The molecule has 0 aliphatic heterocycles. The van der Waals surface area contributed by atoms with E-state index >= 15 is 0 Å². The van der Waals surface area contributed by atoms with Gasteiger partial charge in [-0.1, -0.05) is 39.0 Å². The lowest BCUT2D eigenvalue weighted by atomic mass is 10.0. The number of nitriles is 1. The Morgan fingerprint density at radius 1 is 1.11 bits per heavy atom. The first-order chi connectivity index (χ1) is 8.61. The van der Waals surface area contributed by atoms with Crippen molar-refractivity contribution in [2.45, 2.75) is 65.7 Å². The van der Waals surface area contributed by atoms with Gasteiger partial charge in [0.05, 0.1) is 6.07 Å². The Morgan fingerprint density at radius 3 is 2.28 bits per heavy atom. The van der Waals surface area contributed by atoms with Crippen LogP contribution in [0.5, 0.6) is 0 Å². The summed E-state index contributed by atoms with van der Waals surface area (Å²) in [5.74, 6) is -0.291. The summed E-state index contributed by atoms with van der Waals surface area (Å²) in [7, 11) is 0. The Hall–Kier alpha value is -1.30. The maximum absolute atomic E-state index is 10.8. The van der Waals surface area contributed by atoms with E-state index in [1.807, 2.05) is 0 Å². The number of carbonyl (C=O) groups is 1. The van der Waals surface area contributed by atoms with Gasteiger partial charge in [-0.2, -0.15) is 5.26 Å². The smallest absolute Gasteiger partial charge is 0.302 e. The largest absolute Gasteiger partial charge is 0.461 e. The average molecular weight is 251 g/mol. The van der Waals surface area contributed by atoms with Crippen LogP contribution in [0.4, 0.5) is 0 Å². The third-order valence-electron chi connectivity index (χ3n) is 2.98. The summed E-state index contributed by atoms with van der Waals surface area (Å²) in [4.78, 5) is 10.8. The Morgan fingerprint density at radius 2 is 1.72 bits per heavy atom. The molecule has 0 saturated carbocycles. The van der Waals surface area contributed by atoms with Crippen LogP contribution in [0, 0.1) is 11.3 Å². The molecular formula is C15H25NO2. The summed E-state index contributed by atoms with van der Waals surface area (Å²) in [6, 6.07) is 2.14. The van der Waals surface area contributed by atoms with Crippen LogP contribution in [0.25, 0.3) is 0 Å². The van der Waals surface area contributed by atoms with Gasteiger partial charge >= 0.3 is 5.97 Å². The number of esters is 1. The lowest BCUT2D eigenvalue weighted by molar-refractivity contribution is -0.140. The molecule has 0 spiro atoms. The van der Waals surface area contributed by atoms with Crippen LogP contribution in [0.15, 0.2) is 11.1 Å². The van der Waals surface area contributed by atoms with Gasteiger partial charge < -0.3 is 4.74 Å². The molecule has 0 atom stereocenters. The van der Waals surface area contributed by atoms with Crippen molar-refractivity contribution < 1.29 is 9.53 Å². The van der Waals surface area contributed by atoms with Gasteiger partial charge in [0.1, 0.15) is 6.61 Å². The normalized spacial score (nSPS) is 11.7. The summed E-state index contributed by atoms with van der Waals surface area (Å²) in [6.07, 6.45) is 8.20. The maximum atomic E-state index is 10.8. The fraction of sp³-hybridized carbons (Fsp3) is 0.733. The van der Waals surface area contributed by atoms with Crippen molar-refractivity contribution in [3.05, 3.63) is 11.1 Å². The standard InChI is InChI=1S/C15H25NO2/c1-4-5-6-7-8-9-10-15(13(2)11-16)12-18-14(3)17/h4-10,12H2,1-3H3/b15-13-. The number of ether oxygens (including phenoxy) is 1. The van der Waals surface area contributed by atoms with Crippen LogP contribution in [-0.4, -0.2) is 12.6 Å².